The summed E-state index contributed by atoms with van der Waals surface area (Å²) in [5, 5.41) is 4.25. The van der Waals surface area contributed by atoms with Gasteiger partial charge in [0.2, 0.25) is 5.95 Å². The highest BCUT2D eigenvalue weighted by molar-refractivity contribution is 5.56. The van der Waals surface area contributed by atoms with Gasteiger partial charge in [0.15, 0.2) is 5.82 Å². The molecule has 0 aliphatic carbocycles. The minimum atomic E-state index is -0.305. The molecule has 7 heteroatoms. The molecule has 0 radical (unpaired) electrons. The maximum absolute atomic E-state index is 12.2. The molecule has 0 bridgehead atoms. The van der Waals surface area contributed by atoms with Gasteiger partial charge in [-0.3, -0.25) is 4.98 Å². The molecule has 2 aromatic heterocycles. The van der Waals surface area contributed by atoms with E-state index in [0.717, 1.165) is 31.5 Å². The van der Waals surface area contributed by atoms with E-state index in [-0.39, 0.29) is 5.69 Å². The molecule has 0 unspecified atom stereocenters. The van der Waals surface area contributed by atoms with Crippen molar-refractivity contribution in [3.63, 3.8) is 0 Å². The second-order valence-corrected chi connectivity index (χ2v) is 5.43. The number of aromatic nitrogens is 5. The standard InChI is InChI=1S/C15H16N6O/c22-15-18-13(20-9-5-2-6-10-20)17-14-16-12(19-21(14)15)11-7-3-1-4-8-11/h1,3-4,7-8H,2,5-6,9-10H2,(H,16,17,18,19,22). The van der Waals surface area contributed by atoms with Crippen molar-refractivity contribution in [2.24, 2.45) is 0 Å². The van der Waals surface area contributed by atoms with Gasteiger partial charge in [-0.25, -0.2) is 4.79 Å². The first-order valence-corrected chi connectivity index (χ1v) is 7.49. The molecule has 3 heterocycles. The van der Waals surface area contributed by atoms with Crippen molar-refractivity contribution in [3.05, 3.63) is 40.8 Å². The predicted molar refractivity (Wildman–Crippen MR) is 82.9 cm³/mol. The molecular weight excluding hydrogens is 280 g/mol. The molecule has 1 aliphatic rings. The Bertz CT molecular complexity index is 847. The maximum atomic E-state index is 12.2. The molecule has 4 rings (SSSR count). The van der Waals surface area contributed by atoms with Crippen molar-refractivity contribution in [3.8, 4) is 11.4 Å². The first-order chi connectivity index (χ1) is 10.8. The first-order valence-electron chi connectivity index (χ1n) is 7.49. The molecule has 1 N–H and O–H groups in total. The van der Waals surface area contributed by atoms with Crippen LogP contribution in [0.25, 0.3) is 17.2 Å². The number of aromatic amines is 1. The molecule has 0 amide bonds. The Balaban J connectivity index is 1.79. The third kappa shape index (κ3) is 2.24. The molecule has 1 aliphatic heterocycles. The van der Waals surface area contributed by atoms with Crippen molar-refractivity contribution in [1.29, 1.82) is 0 Å². The molecule has 1 fully saturated rings. The van der Waals surface area contributed by atoms with E-state index >= 15 is 0 Å². The summed E-state index contributed by atoms with van der Waals surface area (Å²) in [6.45, 7) is 1.83. The van der Waals surface area contributed by atoms with Gasteiger partial charge < -0.3 is 4.90 Å². The minimum absolute atomic E-state index is 0.305. The zero-order valence-electron chi connectivity index (χ0n) is 12.1. The minimum Gasteiger partial charge on any atom is -0.342 e. The van der Waals surface area contributed by atoms with E-state index in [4.69, 9.17) is 0 Å². The van der Waals surface area contributed by atoms with Gasteiger partial charge in [-0.15, -0.1) is 9.61 Å². The zero-order valence-corrected chi connectivity index (χ0v) is 12.1. The summed E-state index contributed by atoms with van der Waals surface area (Å²) in [6, 6.07) is 9.58. The topological polar surface area (TPSA) is 79.2 Å². The van der Waals surface area contributed by atoms with E-state index in [9.17, 15) is 4.79 Å². The third-order valence-electron chi connectivity index (χ3n) is 3.89. The van der Waals surface area contributed by atoms with Gasteiger partial charge >= 0.3 is 5.69 Å². The molecule has 0 spiro atoms. The second-order valence-electron chi connectivity index (χ2n) is 5.43. The van der Waals surface area contributed by atoms with Crippen LogP contribution in [0, 0.1) is 0 Å². The normalized spacial score (nSPS) is 15.4. The summed E-state index contributed by atoms with van der Waals surface area (Å²) in [4.78, 5) is 26.0. The van der Waals surface area contributed by atoms with Crippen molar-refractivity contribution in [1.82, 2.24) is 24.6 Å². The Kier molecular flexibility index (Phi) is 3.10. The highest BCUT2D eigenvalue weighted by Gasteiger charge is 2.16. The summed E-state index contributed by atoms with van der Waals surface area (Å²) in [7, 11) is 0. The van der Waals surface area contributed by atoms with Crippen molar-refractivity contribution >= 4 is 11.7 Å². The van der Waals surface area contributed by atoms with Crippen LogP contribution < -0.4 is 10.6 Å². The lowest BCUT2D eigenvalue weighted by molar-refractivity contribution is 0.566. The highest BCUT2D eigenvalue weighted by atomic mass is 16.1. The molecule has 22 heavy (non-hydrogen) atoms. The molecule has 1 aromatic carbocycles. The molecule has 112 valence electrons. The van der Waals surface area contributed by atoms with Gasteiger partial charge in [-0.1, -0.05) is 30.3 Å². The summed E-state index contributed by atoms with van der Waals surface area (Å²) in [6.07, 6.45) is 3.47. The van der Waals surface area contributed by atoms with E-state index in [1.165, 1.54) is 10.9 Å². The number of nitrogens with zero attached hydrogens (tertiary/aromatic N) is 5. The number of fused-ring (bicyclic) bond motifs is 1. The molecule has 0 saturated carbocycles. The summed E-state index contributed by atoms with van der Waals surface area (Å²) < 4.78 is 1.22. The van der Waals surface area contributed by atoms with Crippen LogP contribution in [-0.4, -0.2) is 37.7 Å². The van der Waals surface area contributed by atoms with Gasteiger partial charge in [0.25, 0.3) is 5.78 Å². The fraction of sp³-hybridized carbons (Fsp3) is 0.333. The van der Waals surface area contributed by atoms with E-state index in [1.807, 2.05) is 30.3 Å². The summed E-state index contributed by atoms with van der Waals surface area (Å²) >= 11 is 0. The fourth-order valence-corrected chi connectivity index (χ4v) is 2.75. The Hall–Kier alpha value is -2.70. The van der Waals surface area contributed by atoms with Crippen molar-refractivity contribution < 1.29 is 0 Å². The summed E-state index contributed by atoms with van der Waals surface area (Å²) in [5.41, 5.74) is 0.562. The van der Waals surface area contributed by atoms with Crippen molar-refractivity contribution in [2.45, 2.75) is 19.3 Å². The van der Waals surface area contributed by atoms with Crippen LogP contribution >= 0.6 is 0 Å². The average molecular weight is 296 g/mol. The van der Waals surface area contributed by atoms with Crippen LogP contribution in [0.15, 0.2) is 35.1 Å². The van der Waals surface area contributed by atoms with E-state index in [2.05, 4.69) is 25.0 Å². The van der Waals surface area contributed by atoms with Crippen LogP contribution in [0.3, 0.4) is 0 Å². The quantitative estimate of drug-likeness (QED) is 0.774. The van der Waals surface area contributed by atoms with Gasteiger partial charge in [0.05, 0.1) is 0 Å². The lowest BCUT2D eigenvalue weighted by Crippen LogP contribution is -2.33. The Morgan fingerprint density at radius 3 is 2.55 bits per heavy atom. The lowest BCUT2D eigenvalue weighted by Gasteiger charge is -2.26. The van der Waals surface area contributed by atoms with Gasteiger partial charge in [-0.05, 0) is 19.3 Å². The van der Waals surface area contributed by atoms with Crippen LogP contribution in [0.2, 0.25) is 0 Å². The van der Waals surface area contributed by atoms with Crippen LogP contribution in [0.4, 0.5) is 5.95 Å². The number of rotatable bonds is 2. The van der Waals surface area contributed by atoms with Gasteiger partial charge in [0, 0.05) is 18.7 Å². The Morgan fingerprint density at radius 2 is 1.77 bits per heavy atom. The molecule has 0 atom stereocenters. The van der Waals surface area contributed by atoms with Crippen LogP contribution in [0.1, 0.15) is 19.3 Å². The lowest BCUT2D eigenvalue weighted by atomic mass is 10.1. The number of benzene rings is 1. The van der Waals surface area contributed by atoms with Gasteiger partial charge in [0.1, 0.15) is 0 Å². The smallest absolute Gasteiger partial charge is 0.342 e. The number of hydrogen-bond donors (Lipinski definition) is 1. The average Bonchev–Trinajstić information content (AvgIpc) is 3.01. The predicted octanol–water partition coefficient (Wildman–Crippen LogP) is 1.47. The third-order valence-corrected chi connectivity index (χ3v) is 3.89. The van der Waals surface area contributed by atoms with E-state index in [1.54, 1.807) is 0 Å². The largest absolute Gasteiger partial charge is 0.352 e. The number of hydrogen-bond acceptors (Lipinski definition) is 5. The molecule has 7 nitrogen and oxygen atoms in total. The van der Waals surface area contributed by atoms with Crippen molar-refractivity contribution in [2.75, 3.05) is 18.0 Å². The number of piperidine rings is 1. The van der Waals surface area contributed by atoms with E-state index < -0.39 is 0 Å². The SMILES string of the molecule is O=c1[nH]c(N2CCCCC2)nc2nc(-c3ccccc3)nn12. The Morgan fingerprint density at radius 1 is 1.00 bits per heavy atom. The highest BCUT2D eigenvalue weighted by Crippen LogP contribution is 2.17. The van der Waals surface area contributed by atoms with E-state index in [0.29, 0.717) is 17.6 Å². The van der Waals surface area contributed by atoms with Gasteiger partial charge in [-0.2, -0.15) is 9.97 Å². The van der Waals surface area contributed by atoms with Crippen LogP contribution in [0.5, 0.6) is 0 Å². The fourth-order valence-electron chi connectivity index (χ4n) is 2.75. The molecule has 1 saturated heterocycles. The summed E-state index contributed by atoms with van der Waals surface area (Å²) in [5.74, 6) is 1.43. The number of H-pyrrole nitrogens is 1. The maximum Gasteiger partial charge on any atom is 0.352 e. The van der Waals surface area contributed by atoms with Crippen LogP contribution in [-0.2, 0) is 0 Å². The monoisotopic (exact) mass is 296 g/mol. The zero-order chi connectivity index (χ0) is 14.9. The number of nitrogens with one attached hydrogen (secondary N) is 1. The molecule has 3 aromatic rings. The Labute approximate surface area is 126 Å². The second kappa shape index (κ2) is 5.25. The first kappa shape index (κ1) is 13.0. The number of anilines is 1. The molecular formula is C15H16N6O.